The predicted octanol–water partition coefficient (Wildman–Crippen LogP) is 4.05. The van der Waals surface area contributed by atoms with E-state index in [0.29, 0.717) is 10.9 Å². The van der Waals surface area contributed by atoms with E-state index in [1.54, 1.807) is 7.11 Å². The van der Waals surface area contributed by atoms with Crippen molar-refractivity contribution in [1.82, 2.24) is 19.7 Å². The molecule has 0 N–H and O–H groups in total. The zero-order chi connectivity index (χ0) is 17.9. The van der Waals surface area contributed by atoms with Crippen LogP contribution >= 0.6 is 11.6 Å². The Labute approximate surface area is 160 Å². The molecular weight excluding hydrogens is 348 g/mol. The minimum atomic E-state index is 0.483. The van der Waals surface area contributed by atoms with Crippen molar-refractivity contribution in [2.75, 3.05) is 20.2 Å². The topological polar surface area (TPSA) is 43.2 Å². The molecule has 26 heavy (non-hydrogen) atoms. The molecule has 1 atom stereocenters. The van der Waals surface area contributed by atoms with Crippen LogP contribution in [0.1, 0.15) is 55.2 Å². The number of methoxy groups -OCH3 is 1. The molecule has 4 rings (SSSR count). The van der Waals surface area contributed by atoms with Gasteiger partial charge in [0.15, 0.2) is 0 Å². The molecule has 0 unspecified atom stereocenters. The summed E-state index contributed by atoms with van der Waals surface area (Å²) < 4.78 is 7.66. The highest BCUT2D eigenvalue weighted by Crippen LogP contribution is 2.30. The summed E-state index contributed by atoms with van der Waals surface area (Å²) in [5, 5.41) is 9.77. The van der Waals surface area contributed by atoms with E-state index in [0.717, 1.165) is 38.3 Å². The van der Waals surface area contributed by atoms with Crippen LogP contribution in [0.3, 0.4) is 0 Å². The molecule has 2 aliphatic rings. The molecule has 0 aliphatic carbocycles. The Morgan fingerprint density at radius 2 is 2.08 bits per heavy atom. The van der Waals surface area contributed by atoms with Gasteiger partial charge < -0.3 is 9.30 Å². The highest BCUT2D eigenvalue weighted by molar-refractivity contribution is 6.32. The number of rotatable bonds is 4. The lowest BCUT2D eigenvalue weighted by molar-refractivity contribution is 0.194. The van der Waals surface area contributed by atoms with Gasteiger partial charge in [-0.05, 0) is 49.9 Å². The summed E-state index contributed by atoms with van der Waals surface area (Å²) in [5.41, 5.74) is 1.23. The molecule has 0 saturated carbocycles. The van der Waals surface area contributed by atoms with Crippen LogP contribution in [-0.2, 0) is 19.5 Å². The average molecular weight is 375 g/mol. The van der Waals surface area contributed by atoms with Crippen LogP contribution < -0.4 is 4.74 Å². The van der Waals surface area contributed by atoms with Crippen molar-refractivity contribution in [2.45, 2.75) is 57.5 Å². The van der Waals surface area contributed by atoms with Crippen molar-refractivity contribution in [3.63, 3.8) is 0 Å². The van der Waals surface area contributed by atoms with E-state index in [4.69, 9.17) is 16.3 Å². The quantitative estimate of drug-likeness (QED) is 0.809. The number of nitrogens with zero attached hydrogens (tertiary/aromatic N) is 4. The second-order valence-corrected chi connectivity index (χ2v) is 7.89. The molecule has 1 saturated heterocycles. The molecule has 1 aromatic carbocycles. The molecule has 2 aliphatic heterocycles. The first-order valence-electron chi connectivity index (χ1n) is 9.71. The van der Waals surface area contributed by atoms with E-state index < -0.39 is 0 Å². The minimum Gasteiger partial charge on any atom is -0.495 e. The second kappa shape index (κ2) is 7.97. The standard InChI is InChI=1S/C20H27ClN4O/c1-26-18-9-8-15(12-17(18)21)13-24-10-5-6-16(14-24)20-23-22-19-7-3-2-4-11-25(19)20/h8-9,12,16H,2-7,10-11,13-14H2,1H3/t16-/m0/s1. The van der Waals surface area contributed by atoms with Crippen molar-refractivity contribution in [2.24, 2.45) is 0 Å². The van der Waals surface area contributed by atoms with Crippen LogP contribution in [0.2, 0.25) is 5.02 Å². The van der Waals surface area contributed by atoms with Gasteiger partial charge in [0.25, 0.3) is 0 Å². The van der Waals surface area contributed by atoms with Crippen LogP contribution in [-0.4, -0.2) is 39.9 Å². The lowest BCUT2D eigenvalue weighted by Crippen LogP contribution is -2.35. The Morgan fingerprint density at radius 1 is 1.15 bits per heavy atom. The summed E-state index contributed by atoms with van der Waals surface area (Å²) in [6.07, 6.45) is 7.28. The Balaban J connectivity index is 1.46. The van der Waals surface area contributed by atoms with E-state index in [1.165, 1.54) is 49.3 Å². The molecule has 0 radical (unpaired) electrons. The first-order valence-corrected chi connectivity index (χ1v) is 10.1. The van der Waals surface area contributed by atoms with Crippen molar-refractivity contribution in [3.8, 4) is 5.75 Å². The monoisotopic (exact) mass is 374 g/mol. The van der Waals surface area contributed by atoms with Gasteiger partial charge in [0.1, 0.15) is 17.4 Å². The zero-order valence-corrected chi connectivity index (χ0v) is 16.2. The van der Waals surface area contributed by atoms with Gasteiger partial charge in [-0.3, -0.25) is 4.90 Å². The van der Waals surface area contributed by atoms with Gasteiger partial charge >= 0.3 is 0 Å². The van der Waals surface area contributed by atoms with Crippen LogP contribution in [0.5, 0.6) is 5.75 Å². The molecule has 3 heterocycles. The Morgan fingerprint density at radius 3 is 2.92 bits per heavy atom. The minimum absolute atomic E-state index is 0.483. The Hall–Kier alpha value is -1.59. The third-order valence-electron chi connectivity index (χ3n) is 5.63. The summed E-state index contributed by atoms with van der Waals surface area (Å²) >= 11 is 6.29. The first-order chi connectivity index (χ1) is 12.7. The Bertz CT molecular complexity index is 760. The highest BCUT2D eigenvalue weighted by Gasteiger charge is 2.27. The van der Waals surface area contributed by atoms with Gasteiger partial charge in [0.05, 0.1) is 12.1 Å². The fourth-order valence-electron chi connectivity index (χ4n) is 4.29. The van der Waals surface area contributed by atoms with E-state index in [2.05, 4.69) is 25.7 Å². The van der Waals surface area contributed by atoms with Gasteiger partial charge in [0, 0.05) is 32.0 Å². The number of piperidine rings is 1. The number of ether oxygens (including phenoxy) is 1. The number of aryl methyl sites for hydroxylation is 1. The molecule has 1 aromatic heterocycles. The summed E-state index contributed by atoms with van der Waals surface area (Å²) in [6.45, 7) is 4.17. The lowest BCUT2D eigenvalue weighted by atomic mass is 9.96. The number of aromatic nitrogens is 3. The van der Waals surface area contributed by atoms with Crippen LogP contribution in [0.4, 0.5) is 0 Å². The lowest BCUT2D eigenvalue weighted by Gasteiger charge is -2.32. The van der Waals surface area contributed by atoms with E-state index in [1.807, 2.05) is 12.1 Å². The number of fused-ring (bicyclic) bond motifs is 1. The molecule has 0 amide bonds. The highest BCUT2D eigenvalue weighted by atomic mass is 35.5. The smallest absolute Gasteiger partial charge is 0.137 e. The largest absolute Gasteiger partial charge is 0.495 e. The number of benzene rings is 1. The average Bonchev–Trinajstić information content (AvgIpc) is 2.91. The van der Waals surface area contributed by atoms with E-state index in [-0.39, 0.29) is 0 Å². The number of hydrogen-bond acceptors (Lipinski definition) is 4. The second-order valence-electron chi connectivity index (χ2n) is 7.48. The SMILES string of the molecule is COc1ccc(CN2CCC[C@H](c3nnc4n3CCCCC4)C2)cc1Cl. The first kappa shape index (κ1) is 17.8. The summed E-state index contributed by atoms with van der Waals surface area (Å²) in [6, 6.07) is 6.09. The van der Waals surface area contributed by atoms with Crippen LogP contribution in [0.15, 0.2) is 18.2 Å². The van der Waals surface area contributed by atoms with Gasteiger partial charge in [-0.15, -0.1) is 10.2 Å². The van der Waals surface area contributed by atoms with Gasteiger partial charge in [-0.25, -0.2) is 0 Å². The molecular formula is C20H27ClN4O. The Kier molecular flexibility index (Phi) is 5.46. The molecule has 2 aromatic rings. The normalized spacial score (nSPS) is 21.2. The molecule has 5 nitrogen and oxygen atoms in total. The zero-order valence-electron chi connectivity index (χ0n) is 15.5. The van der Waals surface area contributed by atoms with Crippen molar-refractivity contribution in [1.29, 1.82) is 0 Å². The summed E-state index contributed by atoms with van der Waals surface area (Å²) in [7, 11) is 1.65. The number of likely N-dealkylation sites (tertiary alicyclic amines) is 1. The van der Waals surface area contributed by atoms with E-state index in [9.17, 15) is 0 Å². The third-order valence-corrected chi connectivity index (χ3v) is 5.93. The molecule has 0 spiro atoms. The number of hydrogen-bond donors (Lipinski definition) is 0. The van der Waals surface area contributed by atoms with Crippen LogP contribution in [0, 0.1) is 0 Å². The van der Waals surface area contributed by atoms with Gasteiger partial charge in [0.2, 0.25) is 0 Å². The van der Waals surface area contributed by atoms with Crippen molar-refractivity contribution in [3.05, 3.63) is 40.4 Å². The molecule has 6 heteroatoms. The fourth-order valence-corrected chi connectivity index (χ4v) is 4.57. The molecule has 140 valence electrons. The maximum absolute atomic E-state index is 6.29. The predicted molar refractivity (Wildman–Crippen MR) is 103 cm³/mol. The van der Waals surface area contributed by atoms with Gasteiger partial charge in [-0.2, -0.15) is 0 Å². The summed E-state index contributed by atoms with van der Waals surface area (Å²) in [4.78, 5) is 2.52. The van der Waals surface area contributed by atoms with Crippen molar-refractivity contribution >= 4 is 11.6 Å². The van der Waals surface area contributed by atoms with Crippen LogP contribution in [0.25, 0.3) is 0 Å². The fraction of sp³-hybridized carbons (Fsp3) is 0.600. The van der Waals surface area contributed by atoms with Gasteiger partial charge in [-0.1, -0.05) is 24.1 Å². The molecule has 0 bridgehead atoms. The van der Waals surface area contributed by atoms with Crippen molar-refractivity contribution < 1.29 is 4.74 Å². The van der Waals surface area contributed by atoms with E-state index >= 15 is 0 Å². The maximum atomic E-state index is 6.29. The number of halogens is 1. The molecule has 1 fully saturated rings. The third kappa shape index (κ3) is 3.74. The maximum Gasteiger partial charge on any atom is 0.137 e. The summed E-state index contributed by atoms with van der Waals surface area (Å²) in [5.74, 6) is 3.62.